The number of nitrogens with one attached hydrogen (secondary N) is 1. The summed E-state index contributed by atoms with van der Waals surface area (Å²) in [7, 11) is 1.89. The molecule has 0 amide bonds. The summed E-state index contributed by atoms with van der Waals surface area (Å²) >= 11 is 0. The smallest absolute Gasteiger partial charge is 0.139 e. The maximum atomic E-state index is 12.6. The van der Waals surface area contributed by atoms with E-state index in [1.54, 1.807) is 0 Å². The molecule has 0 aromatic carbocycles. The van der Waals surface area contributed by atoms with Crippen molar-refractivity contribution in [2.75, 3.05) is 20.2 Å². The molecule has 1 unspecified atom stereocenters. The van der Waals surface area contributed by atoms with Gasteiger partial charge in [0.2, 0.25) is 0 Å². The van der Waals surface area contributed by atoms with Crippen LogP contribution in [0.1, 0.15) is 65.2 Å². The number of carbonyl (C=O) groups is 1. The minimum absolute atomic E-state index is 0.143. The van der Waals surface area contributed by atoms with E-state index in [2.05, 4.69) is 30.9 Å². The average Bonchev–Trinajstić information content (AvgIpc) is 2.95. The third kappa shape index (κ3) is 2.80. The molecular formula is C23H36N2O3. The highest BCUT2D eigenvalue weighted by molar-refractivity contribution is 5.87. The maximum absolute atomic E-state index is 12.6. The van der Waals surface area contributed by atoms with Gasteiger partial charge in [0.1, 0.15) is 12.4 Å². The molecule has 5 nitrogen and oxygen atoms in total. The molecule has 0 radical (unpaired) electrons. The lowest BCUT2D eigenvalue weighted by Gasteiger charge is -2.63. The molecule has 28 heavy (non-hydrogen) atoms. The van der Waals surface area contributed by atoms with Crippen LogP contribution in [0, 0.1) is 28.6 Å². The van der Waals surface area contributed by atoms with Crippen molar-refractivity contribution in [1.29, 1.82) is 0 Å². The minimum Gasteiger partial charge on any atom is -0.394 e. The highest BCUT2D eigenvalue weighted by Gasteiger charge is 2.65. The van der Waals surface area contributed by atoms with Gasteiger partial charge in [-0.15, -0.1) is 0 Å². The summed E-state index contributed by atoms with van der Waals surface area (Å²) in [4.78, 5) is 18.1. The van der Waals surface area contributed by atoms with Crippen LogP contribution >= 0.6 is 0 Å². The van der Waals surface area contributed by atoms with Gasteiger partial charge in [0, 0.05) is 30.2 Å². The SMILES string of the molecule is C=C1CC2(O)CC(=NOCCNC)CC[C@]2(C)[C@@H]2CC[C@]3(C)C(=O)CC[C@H]3[C@H]12. The largest absolute Gasteiger partial charge is 0.394 e. The molecule has 0 spiro atoms. The summed E-state index contributed by atoms with van der Waals surface area (Å²) in [5.74, 6) is 1.65. The number of aliphatic hydroxyl groups is 1. The monoisotopic (exact) mass is 388 g/mol. The Morgan fingerprint density at radius 2 is 2.00 bits per heavy atom. The Labute approximate surface area is 169 Å². The standard InChI is InChI=1S/C23H36N2O3/c1-15-13-23(27)14-16(25-28-12-11-24-4)7-10-22(23,3)18-8-9-21(2)17(20(15)18)5-6-19(21)26/h17-18,20,24,27H,1,5-14H2,2-4H3/t17-,18+,20-,21-,22+,23?/m0/s1. The van der Waals surface area contributed by atoms with Crippen LogP contribution in [0.4, 0.5) is 0 Å². The van der Waals surface area contributed by atoms with Gasteiger partial charge in [-0.3, -0.25) is 4.79 Å². The van der Waals surface area contributed by atoms with Gasteiger partial charge < -0.3 is 15.3 Å². The first-order valence-electron chi connectivity index (χ1n) is 11.0. The van der Waals surface area contributed by atoms with Gasteiger partial charge in [0.15, 0.2) is 0 Å². The van der Waals surface area contributed by atoms with Gasteiger partial charge in [0.05, 0.1) is 11.3 Å². The Hall–Kier alpha value is -1.20. The number of hydrogen-bond donors (Lipinski definition) is 2. The summed E-state index contributed by atoms with van der Waals surface area (Å²) < 4.78 is 0. The topological polar surface area (TPSA) is 70.9 Å². The van der Waals surface area contributed by atoms with Gasteiger partial charge in [0.25, 0.3) is 0 Å². The van der Waals surface area contributed by atoms with Gasteiger partial charge in [-0.1, -0.05) is 31.2 Å². The van der Waals surface area contributed by atoms with E-state index in [1.807, 2.05) is 7.05 Å². The second-order valence-corrected chi connectivity index (χ2v) is 10.2. The number of hydrogen-bond acceptors (Lipinski definition) is 5. The summed E-state index contributed by atoms with van der Waals surface area (Å²) in [6.07, 6.45) is 6.72. The summed E-state index contributed by atoms with van der Waals surface area (Å²) in [6.45, 7) is 10.2. The molecule has 2 N–H and O–H groups in total. The molecule has 0 saturated heterocycles. The second-order valence-electron chi connectivity index (χ2n) is 10.2. The van der Waals surface area contributed by atoms with Crippen LogP contribution in [0.15, 0.2) is 17.3 Å². The number of fused-ring (bicyclic) bond motifs is 5. The van der Waals surface area contributed by atoms with E-state index in [1.165, 1.54) is 0 Å². The molecular weight excluding hydrogens is 352 g/mol. The molecule has 0 heterocycles. The summed E-state index contributed by atoms with van der Waals surface area (Å²) in [5, 5.41) is 19.2. The van der Waals surface area contributed by atoms with E-state index in [0.29, 0.717) is 43.0 Å². The lowest BCUT2D eigenvalue weighted by molar-refractivity contribution is -0.170. The third-order valence-corrected chi connectivity index (χ3v) is 8.92. The molecule has 4 aliphatic rings. The van der Waals surface area contributed by atoms with Crippen LogP contribution in [0.25, 0.3) is 0 Å². The third-order valence-electron chi connectivity index (χ3n) is 8.92. The number of carbonyl (C=O) groups excluding carboxylic acids is 1. The zero-order chi connectivity index (χ0) is 20.2. The molecule has 156 valence electrons. The molecule has 4 fully saturated rings. The number of rotatable bonds is 4. The van der Waals surface area contributed by atoms with E-state index >= 15 is 0 Å². The zero-order valence-corrected chi connectivity index (χ0v) is 17.7. The summed E-state index contributed by atoms with van der Waals surface area (Å²) in [5.41, 5.74) is 1.02. The van der Waals surface area contributed by atoms with Gasteiger partial charge in [-0.25, -0.2) is 0 Å². The normalized spacial score (nSPS) is 46.9. The second kappa shape index (κ2) is 6.94. The fourth-order valence-electron chi connectivity index (χ4n) is 7.11. The number of Topliss-reactive ketones (excluding diaryl/α,β-unsaturated/α-hetero) is 1. The Kier molecular flexibility index (Phi) is 4.98. The van der Waals surface area contributed by atoms with Crippen LogP contribution in [0.5, 0.6) is 0 Å². The number of ketones is 1. The number of nitrogens with zero attached hydrogens (tertiary/aromatic N) is 1. The number of oxime groups is 1. The fourth-order valence-corrected chi connectivity index (χ4v) is 7.11. The molecule has 4 aliphatic carbocycles. The molecule has 0 aromatic rings. The van der Waals surface area contributed by atoms with E-state index < -0.39 is 5.60 Å². The Morgan fingerprint density at radius 1 is 1.21 bits per heavy atom. The van der Waals surface area contributed by atoms with Crippen molar-refractivity contribution in [3.05, 3.63) is 12.2 Å². The van der Waals surface area contributed by atoms with Crippen LogP contribution in [-0.2, 0) is 9.63 Å². The van der Waals surface area contributed by atoms with Crippen molar-refractivity contribution in [3.8, 4) is 0 Å². The van der Waals surface area contributed by atoms with Crippen molar-refractivity contribution >= 4 is 11.5 Å². The van der Waals surface area contributed by atoms with E-state index in [0.717, 1.165) is 56.4 Å². The average molecular weight is 389 g/mol. The van der Waals surface area contributed by atoms with E-state index in [9.17, 15) is 9.90 Å². The van der Waals surface area contributed by atoms with Gasteiger partial charge >= 0.3 is 0 Å². The Balaban J connectivity index is 1.58. The number of likely N-dealkylation sites (N-methyl/N-ethyl adjacent to an activating group) is 1. The van der Waals surface area contributed by atoms with Crippen LogP contribution in [-0.4, -0.2) is 42.4 Å². The van der Waals surface area contributed by atoms with Crippen molar-refractivity contribution in [2.45, 2.75) is 70.8 Å². The fraction of sp³-hybridized carbons (Fsp3) is 0.826. The van der Waals surface area contributed by atoms with Crippen molar-refractivity contribution < 1.29 is 14.7 Å². The Morgan fingerprint density at radius 3 is 2.75 bits per heavy atom. The molecule has 4 saturated carbocycles. The van der Waals surface area contributed by atoms with Gasteiger partial charge in [-0.05, 0) is 63.3 Å². The zero-order valence-electron chi connectivity index (χ0n) is 17.7. The first kappa shape index (κ1) is 20.1. The highest BCUT2D eigenvalue weighted by atomic mass is 16.6. The minimum atomic E-state index is -0.801. The predicted molar refractivity (Wildman–Crippen MR) is 110 cm³/mol. The van der Waals surface area contributed by atoms with Crippen molar-refractivity contribution in [1.82, 2.24) is 5.32 Å². The Bertz CT molecular complexity index is 704. The molecule has 0 bridgehead atoms. The lowest BCUT2D eigenvalue weighted by Crippen LogP contribution is -2.63. The van der Waals surface area contributed by atoms with Crippen LogP contribution < -0.4 is 5.32 Å². The first-order valence-corrected chi connectivity index (χ1v) is 11.0. The first-order chi connectivity index (χ1) is 13.2. The molecule has 5 heteroatoms. The molecule has 4 rings (SSSR count). The van der Waals surface area contributed by atoms with Gasteiger partial charge in [-0.2, -0.15) is 0 Å². The van der Waals surface area contributed by atoms with E-state index in [-0.39, 0.29) is 10.8 Å². The van der Waals surface area contributed by atoms with Crippen LogP contribution in [0.2, 0.25) is 0 Å². The molecule has 0 aromatic heterocycles. The quantitative estimate of drug-likeness (QED) is 0.439. The highest BCUT2D eigenvalue weighted by Crippen LogP contribution is 2.67. The predicted octanol–water partition coefficient (Wildman–Crippen LogP) is 3.47. The van der Waals surface area contributed by atoms with Crippen molar-refractivity contribution in [2.24, 2.45) is 33.7 Å². The lowest BCUT2D eigenvalue weighted by atomic mass is 9.43. The summed E-state index contributed by atoms with van der Waals surface area (Å²) in [6, 6.07) is 0. The van der Waals surface area contributed by atoms with Crippen molar-refractivity contribution in [3.63, 3.8) is 0 Å². The molecule has 0 aliphatic heterocycles. The van der Waals surface area contributed by atoms with Crippen LogP contribution in [0.3, 0.4) is 0 Å². The maximum Gasteiger partial charge on any atom is 0.139 e. The molecule has 6 atom stereocenters. The van der Waals surface area contributed by atoms with E-state index in [4.69, 9.17) is 4.84 Å².